The van der Waals surface area contributed by atoms with Crippen LogP contribution >= 0.6 is 0 Å². The van der Waals surface area contributed by atoms with E-state index in [0.29, 0.717) is 17.0 Å². The molecular formula is C16H19NO4. The largest absolute Gasteiger partial charge is 0.497 e. The summed E-state index contributed by atoms with van der Waals surface area (Å²) in [5.41, 5.74) is 2.02. The van der Waals surface area contributed by atoms with Gasteiger partial charge in [0.05, 0.1) is 19.8 Å². The number of rotatable bonds is 3. The van der Waals surface area contributed by atoms with E-state index in [1.165, 1.54) is 12.0 Å². The number of carbonyl (C=O) groups is 2. The van der Waals surface area contributed by atoms with Crippen molar-refractivity contribution in [2.24, 2.45) is 0 Å². The number of allylic oxidation sites excluding steroid dienone is 1. The highest BCUT2D eigenvalue weighted by Gasteiger charge is 2.35. The third-order valence-electron chi connectivity index (χ3n) is 3.90. The highest BCUT2D eigenvalue weighted by atomic mass is 16.5. The Morgan fingerprint density at radius 1 is 1.33 bits per heavy atom. The second-order valence-electron chi connectivity index (χ2n) is 4.98. The van der Waals surface area contributed by atoms with Crippen LogP contribution in [0.4, 0.5) is 0 Å². The van der Waals surface area contributed by atoms with Crippen LogP contribution in [0, 0.1) is 0 Å². The predicted molar refractivity (Wildman–Crippen MR) is 77.8 cm³/mol. The molecule has 1 heterocycles. The van der Waals surface area contributed by atoms with E-state index < -0.39 is 5.97 Å². The van der Waals surface area contributed by atoms with Crippen molar-refractivity contribution < 1.29 is 19.1 Å². The van der Waals surface area contributed by atoms with Crippen molar-refractivity contribution in [2.45, 2.75) is 19.3 Å². The van der Waals surface area contributed by atoms with E-state index in [-0.39, 0.29) is 18.2 Å². The van der Waals surface area contributed by atoms with Crippen LogP contribution in [0.2, 0.25) is 0 Å². The summed E-state index contributed by atoms with van der Waals surface area (Å²) in [5.74, 6) is -0.0374. The molecule has 5 nitrogen and oxygen atoms in total. The quantitative estimate of drug-likeness (QED) is 0.800. The van der Waals surface area contributed by atoms with Gasteiger partial charge in [-0.1, -0.05) is 12.1 Å². The molecule has 0 spiro atoms. The van der Waals surface area contributed by atoms with E-state index in [1.807, 2.05) is 24.3 Å². The molecule has 0 N–H and O–H groups in total. The van der Waals surface area contributed by atoms with Crippen molar-refractivity contribution in [3.05, 3.63) is 41.1 Å². The molecule has 21 heavy (non-hydrogen) atoms. The Labute approximate surface area is 124 Å². The molecule has 0 saturated carbocycles. The van der Waals surface area contributed by atoms with Crippen molar-refractivity contribution in [3.8, 4) is 5.75 Å². The molecule has 0 radical (unpaired) electrons. The van der Waals surface area contributed by atoms with Crippen molar-refractivity contribution in [3.63, 3.8) is 0 Å². The minimum atomic E-state index is -0.403. The van der Waals surface area contributed by atoms with Gasteiger partial charge in [-0.15, -0.1) is 0 Å². The van der Waals surface area contributed by atoms with E-state index in [0.717, 1.165) is 5.56 Å². The molecule has 0 bridgehead atoms. The average Bonchev–Trinajstić information content (AvgIpc) is 2.51. The summed E-state index contributed by atoms with van der Waals surface area (Å²) in [7, 11) is 4.60. The summed E-state index contributed by atoms with van der Waals surface area (Å²) in [4.78, 5) is 25.7. The van der Waals surface area contributed by atoms with Gasteiger partial charge in [0.15, 0.2) is 0 Å². The summed E-state index contributed by atoms with van der Waals surface area (Å²) in [6.07, 6.45) is 0.242. The first kappa shape index (κ1) is 15.1. The third-order valence-corrected chi connectivity index (χ3v) is 3.90. The Morgan fingerprint density at radius 3 is 2.67 bits per heavy atom. The molecule has 1 aliphatic rings. The monoisotopic (exact) mass is 289 g/mol. The second-order valence-corrected chi connectivity index (χ2v) is 4.98. The fourth-order valence-corrected chi connectivity index (χ4v) is 2.58. The summed E-state index contributed by atoms with van der Waals surface area (Å²) in [6, 6.07) is 7.41. The van der Waals surface area contributed by atoms with Gasteiger partial charge in [-0.2, -0.15) is 0 Å². The van der Waals surface area contributed by atoms with Gasteiger partial charge < -0.3 is 14.4 Å². The normalized spacial score (nSPS) is 18.8. The number of esters is 1. The SMILES string of the molecule is COC(=O)C1=C(C)N(C)C(=O)C[C@@H]1c1cccc(OC)c1. The van der Waals surface area contributed by atoms with Crippen molar-refractivity contribution in [1.29, 1.82) is 0 Å². The van der Waals surface area contributed by atoms with Crippen LogP contribution < -0.4 is 4.74 Å². The smallest absolute Gasteiger partial charge is 0.336 e. The highest BCUT2D eigenvalue weighted by Crippen LogP contribution is 2.37. The highest BCUT2D eigenvalue weighted by molar-refractivity contribution is 5.95. The number of amides is 1. The standard InChI is InChI=1S/C16H19NO4/c1-10-15(16(19)21-4)13(9-14(18)17(10)2)11-6-5-7-12(8-11)20-3/h5-8,13H,9H2,1-4H3/t13-/m1/s1. The molecule has 112 valence electrons. The lowest BCUT2D eigenvalue weighted by Gasteiger charge is -2.31. The fraction of sp³-hybridized carbons (Fsp3) is 0.375. The second kappa shape index (κ2) is 5.99. The lowest BCUT2D eigenvalue weighted by Crippen LogP contribution is -2.35. The number of nitrogens with zero attached hydrogens (tertiary/aromatic N) is 1. The maximum absolute atomic E-state index is 12.1. The Kier molecular flexibility index (Phi) is 4.31. The molecule has 1 aromatic rings. The lowest BCUT2D eigenvalue weighted by molar-refractivity contribution is -0.137. The van der Waals surface area contributed by atoms with Gasteiger partial charge in [0.1, 0.15) is 5.75 Å². The number of benzene rings is 1. The minimum Gasteiger partial charge on any atom is -0.497 e. The van der Waals surface area contributed by atoms with Gasteiger partial charge in [-0.3, -0.25) is 4.79 Å². The van der Waals surface area contributed by atoms with Crippen LogP contribution in [0.5, 0.6) is 5.75 Å². The summed E-state index contributed by atoms with van der Waals surface area (Å²) >= 11 is 0. The summed E-state index contributed by atoms with van der Waals surface area (Å²) in [6.45, 7) is 1.76. The molecule has 0 fully saturated rings. The first-order valence-corrected chi connectivity index (χ1v) is 6.69. The van der Waals surface area contributed by atoms with Gasteiger partial charge in [0.2, 0.25) is 5.91 Å². The summed E-state index contributed by atoms with van der Waals surface area (Å²) < 4.78 is 10.1. The first-order chi connectivity index (χ1) is 9.99. The van der Waals surface area contributed by atoms with Gasteiger partial charge in [-0.05, 0) is 24.6 Å². The molecule has 5 heteroatoms. The maximum atomic E-state index is 12.1. The zero-order valence-corrected chi connectivity index (χ0v) is 12.7. The molecule has 0 saturated heterocycles. The summed E-state index contributed by atoms with van der Waals surface area (Å²) in [5, 5.41) is 0. The van der Waals surface area contributed by atoms with E-state index in [2.05, 4.69) is 0 Å². The zero-order valence-electron chi connectivity index (χ0n) is 12.7. The van der Waals surface area contributed by atoms with Crippen LogP contribution in [-0.4, -0.2) is 38.0 Å². The minimum absolute atomic E-state index is 0.0204. The van der Waals surface area contributed by atoms with E-state index in [1.54, 1.807) is 21.1 Å². The van der Waals surface area contributed by atoms with Gasteiger partial charge in [0.25, 0.3) is 0 Å². The number of hydrogen-bond acceptors (Lipinski definition) is 4. The van der Waals surface area contributed by atoms with Gasteiger partial charge in [-0.25, -0.2) is 4.79 Å². The number of carbonyl (C=O) groups excluding carboxylic acids is 2. The topological polar surface area (TPSA) is 55.8 Å². The molecule has 0 aliphatic carbocycles. The lowest BCUT2D eigenvalue weighted by atomic mass is 9.84. The third kappa shape index (κ3) is 2.77. The number of hydrogen-bond donors (Lipinski definition) is 0. The van der Waals surface area contributed by atoms with E-state index >= 15 is 0 Å². The van der Waals surface area contributed by atoms with Crippen LogP contribution in [0.1, 0.15) is 24.8 Å². The fourth-order valence-electron chi connectivity index (χ4n) is 2.58. The van der Waals surface area contributed by atoms with Gasteiger partial charge in [0, 0.05) is 25.1 Å². The van der Waals surface area contributed by atoms with Gasteiger partial charge >= 0.3 is 5.97 Å². The molecule has 2 rings (SSSR count). The maximum Gasteiger partial charge on any atom is 0.336 e. The average molecular weight is 289 g/mol. The number of ether oxygens (including phenoxy) is 2. The van der Waals surface area contributed by atoms with Crippen molar-refractivity contribution in [1.82, 2.24) is 4.90 Å². The first-order valence-electron chi connectivity index (χ1n) is 6.69. The molecule has 0 aromatic heterocycles. The van der Waals surface area contributed by atoms with Crippen LogP contribution in [-0.2, 0) is 14.3 Å². The number of methoxy groups -OCH3 is 2. The van der Waals surface area contributed by atoms with Crippen LogP contribution in [0.25, 0.3) is 0 Å². The Bertz CT molecular complexity index is 606. The van der Waals surface area contributed by atoms with E-state index in [4.69, 9.17) is 9.47 Å². The Morgan fingerprint density at radius 2 is 2.05 bits per heavy atom. The van der Waals surface area contributed by atoms with Crippen molar-refractivity contribution in [2.75, 3.05) is 21.3 Å². The Balaban J connectivity index is 2.53. The molecule has 1 aliphatic heterocycles. The van der Waals surface area contributed by atoms with Crippen LogP contribution in [0.3, 0.4) is 0 Å². The molecule has 1 amide bonds. The molecule has 0 unspecified atom stereocenters. The van der Waals surface area contributed by atoms with Crippen LogP contribution in [0.15, 0.2) is 35.5 Å². The van der Waals surface area contributed by atoms with Crippen molar-refractivity contribution >= 4 is 11.9 Å². The molecule has 1 aromatic carbocycles. The Hall–Kier alpha value is -2.30. The van der Waals surface area contributed by atoms with E-state index in [9.17, 15) is 9.59 Å². The zero-order chi connectivity index (χ0) is 15.6. The molecule has 1 atom stereocenters. The predicted octanol–water partition coefficient (Wildman–Crippen LogP) is 2.09. The molecular weight excluding hydrogens is 270 g/mol.